The van der Waals surface area contributed by atoms with Gasteiger partial charge in [0.1, 0.15) is 10.6 Å². The van der Waals surface area contributed by atoms with Crippen molar-refractivity contribution in [2.24, 2.45) is 20.5 Å². The van der Waals surface area contributed by atoms with E-state index in [1.54, 1.807) is 43.3 Å². The molecule has 14 nitrogen and oxygen atoms in total. The molecule has 5 aromatic carbocycles. The first kappa shape index (κ1) is 31.9. The third kappa shape index (κ3) is 7.22. The Labute approximate surface area is 262 Å². The van der Waals surface area contributed by atoms with Crippen molar-refractivity contribution in [1.29, 1.82) is 0 Å². The van der Waals surface area contributed by atoms with Crippen LogP contribution in [0.5, 0.6) is 5.75 Å². The number of rotatable bonds is 8. The molecule has 6 N–H and O–H groups in total. The van der Waals surface area contributed by atoms with Gasteiger partial charge in [-0.1, -0.05) is 0 Å². The van der Waals surface area contributed by atoms with Crippen LogP contribution in [-0.2, 0) is 20.2 Å². The molecule has 0 aliphatic rings. The SMILES string of the molecule is Cc1cc(N=Nc2c(S(=O)(=O)O)cc3cc(NC(=O)c4ccc(N)cc4)ccc3c2O)ccc1N=Nc1ccc(S(=O)(=O)O)cc1. The van der Waals surface area contributed by atoms with Gasteiger partial charge in [-0.25, -0.2) is 0 Å². The molecule has 0 saturated heterocycles. The fourth-order valence-electron chi connectivity index (χ4n) is 4.28. The molecule has 46 heavy (non-hydrogen) atoms. The van der Waals surface area contributed by atoms with Gasteiger partial charge in [0.15, 0.2) is 5.75 Å². The number of carbonyl (C=O) groups is 1. The number of nitrogen functional groups attached to an aromatic ring is 1. The van der Waals surface area contributed by atoms with Crippen molar-refractivity contribution in [1.82, 2.24) is 0 Å². The first-order valence-corrected chi connectivity index (χ1v) is 16.0. The lowest BCUT2D eigenvalue weighted by Crippen LogP contribution is -2.11. The monoisotopic (exact) mass is 660 g/mol. The minimum atomic E-state index is -4.88. The summed E-state index contributed by atoms with van der Waals surface area (Å²) in [6.45, 7) is 1.70. The second kappa shape index (κ2) is 12.4. The van der Waals surface area contributed by atoms with Crippen molar-refractivity contribution in [3.63, 3.8) is 0 Å². The van der Waals surface area contributed by atoms with Gasteiger partial charge < -0.3 is 16.2 Å². The van der Waals surface area contributed by atoms with E-state index < -0.39 is 42.5 Å². The quantitative estimate of drug-likeness (QED) is 0.0653. The number of amides is 1. The van der Waals surface area contributed by atoms with Crippen LogP contribution in [0.2, 0.25) is 0 Å². The number of hydrogen-bond donors (Lipinski definition) is 5. The molecule has 0 aromatic heterocycles. The maximum Gasteiger partial charge on any atom is 0.296 e. The van der Waals surface area contributed by atoms with Gasteiger partial charge in [0.2, 0.25) is 0 Å². The highest BCUT2D eigenvalue weighted by Crippen LogP contribution is 2.42. The largest absolute Gasteiger partial charge is 0.505 e. The van der Waals surface area contributed by atoms with Crippen LogP contribution in [0, 0.1) is 6.92 Å². The summed E-state index contributed by atoms with van der Waals surface area (Å²) in [6.07, 6.45) is 0. The van der Waals surface area contributed by atoms with Gasteiger partial charge in [-0.05, 0) is 109 Å². The standard InChI is InChI=1S/C30H24N6O8S2/c1-17-14-23(9-13-26(17)35-33-21-6-10-24(11-7-21)45(39,40)41)34-36-28-27(46(42,43)44)16-19-15-22(8-12-25(19)29(28)37)32-30(38)18-2-4-20(31)5-3-18/h2-16,37H,31H2,1H3,(H,32,38)(H,39,40,41)(H,42,43,44). The number of nitrogens with one attached hydrogen (secondary N) is 1. The molecule has 0 heterocycles. The average molecular weight is 661 g/mol. The number of fused-ring (bicyclic) bond motifs is 1. The molecule has 0 unspecified atom stereocenters. The van der Waals surface area contributed by atoms with Crippen LogP contribution in [0.4, 0.5) is 34.1 Å². The van der Waals surface area contributed by atoms with E-state index in [2.05, 4.69) is 25.8 Å². The maximum absolute atomic E-state index is 12.6. The number of benzene rings is 5. The zero-order chi connectivity index (χ0) is 33.2. The smallest absolute Gasteiger partial charge is 0.296 e. The van der Waals surface area contributed by atoms with E-state index in [0.717, 1.165) is 6.07 Å². The lowest BCUT2D eigenvalue weighted by atomic mass is 10.1. The lowest BCUT2D eigenvalue weighted by Gasteiger charge is -2.11. The molecular weight excluding hydrogens is 636 g/mol. The molecule has 0 radical (unpaired) electrons. The highest BCUT2D eigenvalue weighted by Gasteiger charge is 2.22. The van der Waals surface area contributed by atoms with Gasteiger partial charge in [-0.2, -0.15) is 32.2 Å². The van der Waals surface area contributed by atoms with Crippen molar-refractivity contribution >= 4 is 71.0 Å². The minimum absolute atomic E-state index is 0.184. The normalized spacial score (nSPS) is 12.2. The van der Waals surface area contributed by atoms with Crippen LogP contribution in [-0.4, -0.2) is 37.0 Å². The van der Waals surface area contributed by atoms with Crippen LogP contribution in [0.3, 0.4) is 0 Å². The van der Waals surface area contributed by atoms with Crippen LogP contribution < -0.4 is 11.1 Å². The van der Waals surface area contributed by atoms with Gasteiger partial charge in [-0.3, -0.25) is 13.9 Å². The predicted octanol–water partition coefficient (Wildman–Crippen LogP) is 7.01. The number of aryl methyl sites for hydroxylation is 1. The van der Waals surface area contributed by atoms with Crippen LogP contribution >= 0.6 is 0 Å². The predicted molar refractivity (Wildman–Crippen MR) is 170 cm³/mol. The van der Waals surface area contributed by atoms with Gasteiger partial charge in [-0.15, -0.1) is 5.11 Å². The fourth-order valence-corrected chi connectivity index (χ4v) is 5.42. The van der Waals surface area contributed by atoms with E-state index in [-0.39, 0.29) is 21.4 Å². The molecule has 16 heteroatoms. The van der Waals surface area contributed by atoms with Gasteiger partial charge in [0.05, 0.1) is 22.0 Å². The number of hydrogen-bond acceptors (Lipinski definition) is 11. The first-order chi connectivity index (χ1) is 21.7. The highest BCUT2D eigenvalue weighted by molar-refractivity contribution is 7.86. The first-order valence-electron chi connectivity index (χ1n) is 13.1. The second-order valence-corrected chi connectivity index (χ2v) is 12.7. The van der Waals surface area contributed by atoms with Crippen LogP contribution in [0.1, 0.15) is 15.9 Å². The van der Waals surface area contributed by atoms with Crippen molar-refractivity contribution in [2.45, 2.75) is 16.7 Å². The van der Waals surface area contributed by atoms with E-state index in [4.69, 9.17) is 10.3 Å². The van der Waals surface area contributed by atoms with Gasteiger partial charge >= 0.3 is 0 Å². The summed E-state index contributed by atoms with van der Waals surface area (Å²) in [4.78, 5) is 11.6. The topological polar surface area (TPSA) is 234 Å². The molecule has 5 aromatic rings. The number of aromatic hydroxyl groups is 1. The third-order valence-electron chi connectivity index (χ3n) is 6.61. The minimum Gasteiger partial charge on any atom is -0.505 e. The van der Waals surface area contributed by atoms with Gasteiger partial charge in [0.25, 0.3) is 26.1 Å². The number of anilines is 2. The van der Waals surface area contributed by atoms with Gasteiger partial charge in [0, 0.05) is 22.3 Å². The summed E-state index contributed by atoms with van der Waals surface area (Å²) >= 11 is 0. The molecule has 1 amide bonds. The average Bonchev–Trinajstić information content (AvgIpc) is 2.99. The Morgan fingerprint density at radius 2 is 1.39 bits per heavy atom. The zero-order valence-electron chi connectivity index (χ0n) is 23.7. The molecule has 0 aliphatic heterocycles. The summed E-state index contributed by atoms with van der Waals surface area (Å²) in [5, 5.41) is 30.2. The molecule has 0 atom stereocenters. The number of carbonyl (C=O) groups excluding carboxylic acids is 1. The second-order valence-electron chi connectivity index (χ2n) is 9.90. The Balaban J connectivity index is 1.41. The molecule has 234 valence electrons. The molecule has 0 aliphatic carbocycles. The number of nitrogens with two attached hydrogens (primary N) is 1. The molecule has 0 bridgehead atoms. The van der Waals surface area contributed by atoms with E-state index in [1.165, 1.54) is 48.5 Å². The summed E-state index contributed by atoms with van der Waals surface area (Å²) in [5.74, 6) is -1.01. The van der Waals surface area contributed by atoms with E-state index in [9.17, 15) is 31.3 Å². The Kier molecular flexibility index (Phi) is 8.62. The van der Waals surface area contributed by atoms with E-state index >= 15 is 0 Å². The summed E-state index contributed by atoms with van der Waals surface area (Å²) in [7, 11) is -9.22. The zero-order valence-corrected chi connectivity index (χ0v) is 25.4. The maximum atomic E-state index is 12.6. The molecule has 0 saturated carbocycles. The summed E-state index contributed by atoms with van der Waals surface area (Å²) in [6, 6.07) is 21.5. The Morgan fingerprint density at radius 1 is 0.739 bits per heavy atom. The lowest BCUT2D eigenvalue weighted by molar-refractivity contribution is 0.102. The summed E-state index contributed by atoms with van der Waals surface area (Å²) < 4.78 is 66.0. The van der Waals surface area contributed by atoms with Crippen molar-refractivity contribution in [3.8, 4) is 5.75 Å². The Hall–Kier alpha value is -5.55. The molecule has 0 fully saturated rings. The Bertz CT molecular complexity index is 2270. The Morgan fingerprint density at radius 3 is 2.02 bits per heavy atom. The van der Waals surface area contributed by atoms with Crippen molar-refractivity contribution in [2.75, 3.05) is 11.1 Å². The van der Waals surface area contributed by atoms with Crippen LogP contribution in [0.25, 0.3) is 10.8 Å². The van der Waals surface area contributed by atoms with Crippen molar-refractivity contribution in [3.05, 3.63) is 102 Å². The van der Waals surface area contributed by atoms with E-state index in [1.807, 2.05) is 0 Å². The molecule has 5 rings (SSSR count). The number of azo groups is 2. The number of phenols is 1. The highest BCUT2D eigenvalue weighted by atomic mass is 32.2. The fraction of sp³-hybridized carbons (Fsp3) is 0.0333. The van der Waals surface area contributed by atoms with E-state index in [0.29, 0.717) is 33.9 Å². The number of nitrogens with zero attached hydrogens (tertiary/aromatic N) is 4. The molecular formula is C30H24N6O8S2. The van der Waals surface area contributed by atoms with Crippen molar-refractivity contribution < 1.29 is 35.8 Å². The van der Waals surface area contributed by atoms with Crippen LogP contribution in [0.15, 0.2) is 121 Å². The summed E-state index contributed by atoms with van der Waals surface area (Å²) in [5.41, 5.74) is 7.91. The number of phenolic OH excluding ortho intramolecular Hbond substituents is 1. The molecule has 0 spiro atoms. The third-order valence-corrected chi connectivity index (χ3v) is 8.35.